The molecule has 0 spiro atoms. The first-order chi connectivity index (χ1) is 9.92. The van der Waals surface area contributed by atoms with Gasteiger partial charge in [-0.25, -0.2) is 8.78 Å². The van der Waals surface area contributed by atoms with E-state index in [0.29, 0.717) is 5.71 Å². The average molecular weight is 294 g/mol. The van der Waals surface area contributed by atoms with Crippen LogP contribution in [0.5, 0.6) is 0 Å². The smallest absolute Gasteiger partial charge is 0.243 e. The summed E-state index contributed by atoms with van der Waals surface area (Å²) in [5.41, 5.74) is 3.21. The van der Waals surface area contributed by atoms with Gasteiger partial charge in [0.25, 0.3) is 0 Å². The van der Waals surface area contributed by atoms with E-state index < -0.39 is 6.43 Å². The summed E-state index contributed by atoms with van der Waals surface area (Å²) in [6.07, 6.45) is 0.909. The first-order valence-corrected chi connectivity index (χ1v) is 6.75. The van der Waals surface area contributed by atoms with Crippen molar-refractivity contribution in [2.24, 2.45) is 4.99 Å². The summed E-state index contributed by atoms with van der Waals surface area (Å²) in [5, 5.41) is 2.50. The Bertz CT molecular complexity index is 551. The van der Waals surface area contributed by atoms with Crippen molar-refractivity contribution in [3.8, 4) is 0 Å². The van der Waals surface area contributed by atoms with Crippen LogP contribution in [0.3, 0.4) is 0 Å². The van der Waals surface area contributed by atoms with E-state index in [2.05, 4.69) is 10.3 Å². The maximum absolute atomic E-state index is 12.2. The minimum absolute atomic E-state index is 0.176. The third-order valence-corrected chi connectivity index (χ3v) is 2.94. The minimum atomic E-state index is -2.31. The third-order valence-electron chi connectivity index (χ3n) is 2.94. The molecule has 0 atom stereocenters. The van der Waals surface area contributed by atoms with Gasteiger partial charge in [-0.2, -0.15) is 0 Å². The van der Waals surface area contributed by atoms with Crippen LogP contribution in [0.2, 0.25) is 0 Å². The fourth-order valence-electron chi connectivity index (χ4n) is 1.69. The van der Waals surface area contributed by atoms with Gasteiger partial charge < -0.3 is 5.32 Å². The Morgan fingerprint density at radius 1 is 1.43 bits per heavy atom. The van der Waals surface area contributed by atoms with Crippen molar-refractivity contribution in [2.75, 3.05) is 7.05 Å². The second-order valence-corrected chi connectivity index (χ2v) is 4.77. The Morgan fingerprint density at radius 2 is 2.14 bits per heavy atom. The van der Waals surface area contributed by atoms with Gasteiger partial charge >= 0.3 is 0 Å². The molecular formula is C16H20F2N2O. The van der Waals surface area contributed by atoms with E-state index in [9.17, 15) is 13.6 Å². The molecule has 0 aliphatic rings. The van der Waals surface area contributed by atoms with Crippen molar-refractivity contribution in [1.82, 2.24) is 5.32 Å². The molecule has 0 aliphatic carbocycles. The molecule has 3 nitrogen and oxygen atoms in total. The third kappa shape index (κ3) is 6.29. The first-order valence-electron chi connectivity index (χ1n) is 6.75. The van der Waals surface area contributed by atoms with E-state index in [1.165, 1.54) is 6.08 Å². The lowest BCUT2D eigenvalue weighted by molar-refractivity contribution is -0.115. The zero-order valence-corrected chi connectivity index (χ0v) is 12.5. The number of hydrogen-bond donors (Lipinski definition) is 1. The van der Waals surface area contributed by atoms with Gasteiger partial charge in [0.1, 0.15) is 0 Å². The monoisotopic (exact) mass is 294 g/mol. The van der Waals surface area contributed by atoms with Crippen LogP contribution in [0.1, 0.15) is 30.9 Å². The maximum atomic E-state index is 12.2. The number of nitrogens with zero attached hydrogens (tertiary/aromatic N) is 1. The molecule has 0 saturated heterocycles. The van der Waals surface area contributed by atoms with Gasteiger partial charge in [0, 0.05) is 25.3 Å². The number of carbonyl (C=O) groups is 1. The number of amides is 1. The van der Waals surface area contributed by atoms with Crippen LogP contribution in [-0.2, 0) is 4.79 Å². The van der Waals surface area contributed by atoms with Crippen LogP contribution in [0.25, 0.3) is 6.08 Å². The van der Waals surface area contributed by atoms with E-state index in [1.807, 2.05) is 25.1 Å². The van der Waals surface area contributed by atoms with Crippen molar-refractivity contribution in [1.29, 1.82) is 0 Å². The van der Waals surface area contributed by atoms with Gasteiger partial charge in [0.05, 0.1) is 5.69 Å². The fraction of sp³-hybridized carbons (Fsp3) is 0.375. The molecule has 1 rings (SSSR count). The summed E-state index contributed by atoms with van der Waals surface area (Å²) in [4.78, 5) is 15.6. The molecule has 0 unspecified atom stereocenters. The SMILES string of the molecule is CNC(=O)/C=C/c1ccc(C)c(N=C(C)CCC(F)F)c1. The number of nitrogens with one attached hydrogen (secondary N) is 1. The average Bonchev–Trinajstić information content (AvgIpc) is 2.45. The van der Waals surface area contributed by atoms with Gasteiger partial charge in [-0.1, -0.05) is 12.1 Å². The number of alkyl halides is 2. The highest BCUT2D eigenvalue weighted by atomic mass is 19.3. The number of aliphatic imine (C=N–C) groups is 1. The number of halogens is 2. The Balaban J connectivity index is 2.89. The van der Waals surface area contributed by atoms with Gasteiger partial charge in [0.15, 0.2) is 0 Å². The quantitative estimate of drug-likeness (QED) is 0.627. The van der Waals surface area contributed by atoms with Gasteiger partial charge in [-0.3, -0.25) is 9.79 Å². The van der Waals surface area contributed by atoms with Crippen molar-refractivity contribution in [3.05, 3.63) is 35.4 Å². The normalized spacial score (nSPS) is 12.2. The molecule has 1 aromatic rings. The molecule has 0 fully saturated rings. The van der Waals surface area contributed by atoms with Crippen LogP contribution in [0, 0.1) is 6.92 Å². The number of aryl methyl sites for hydroxylation is 1. The summed E-state index contributed by atoms with van der Waals surface area (Å²) >= 11 is 0. The van der Waals surface area contributed by atoms with E-state index in [-0.39, 0.29) is 18.7 Å². The molecule has 1 N–H and O–H groups in total. The van der Waals surface area contributed by atoms with E-state index >= 15 is 0 Å². The summed E-state index contributed by atoms with van der Waals surface area (Å²) < 4.78 is 24.4. The lowest BCUT2D eigenvalue weighted by atomic mass is 10.1. The van der Waals surface area contributed by atoms with Crippen molar-refractivity contribution < 1.29 is 13.6 Å². The van der Waals surface area contributed by atoms with Crippen LogP contribution in [0.15, 0.2) is 29.3 Å². The molecule has 0 radical (unpaired) electrons. The highest BCUT2D eigenvalue weighted by molar-refractivity contribution is 5.91. The van der Waals surface area contributed by atoms with Crippen molar-refractivity contribution in [3.63, 3.8) is 0 Å². The predicted molar refractivity (Wildman–Crippen MR) is 82.3 cm³/mol. The number of hydrogen-bond acceptors (Lipinski definition) is 2. The largest absolute Gasteiger partial charge is 0.356 e. The molecule has 114 valence electrons. The number of likely N-dealkylation sites (N-methyl/N-ethyl adjacent to an activating group) is 1. The molecule has 21 heavy (non-hydrogen) atoms. The Hall–Kier alpha value is -2.04. The lowest BCUT2D eigenvalue weighted by Crippen LogP contribution is -2.13. The second-order valence-electron chi connectivity index (χ2n) is 4.77. The number of benzene rings is 1. The summed E-state index contributed by atoms with van der Waals surface area (Å²) in [7, 11) is 1.56. The van der Waals surface area contributed by atoms with E-state index in [1.54, 1.807) is 20.0 Å². The molecule has 0 aromatic heterocycles. The van der Waals surface area contributed by atoms with Crippen LogP contribution in [-0.4, -0.2) is 25.1 Å². The molecular weight excluding hydrogens is 274 g/mol. The molecule has 0 bridgehead atoms. The molecule has 0 aliphatic heterocycles. The fourth-order valence-corrected chi connectivity index (χ4v) is 1.69. The Kier molecular flexibility index (Phi) is 6.72. The zero-order chi connectivity index (χ0) is 15.8. The summed E-state index contributed by atoms with van der Waals surface area (Å²) in [5.74, 6) is -0.186. The van der Waals surface area contributed by atoms with Crippen molar-refractivity contribution >= 4 is 23.4 Å². The highest BCUT2D eigenvalue weighted by Gasteiger charge is 2.04. The summed E-state index contributed by atoms with van der Waals surface area (Å²) in [6, 6.07) is 5.60. The summed E-state index contributed by atoms with van der Waals surface area (Å²) in [6.45, 7) is 3.65. The number of carbonyl (C=O) groups excluding carboxylic acids is 1. The Labute approximate surface area is 123 Å². The lowest BCUT2D eigenvalue weighted by Gasteiger charge is -2.05. The zero-order valence-electron chi connectivity index (χ0n) is 12.5. The standard InChI is InChI=1S/C16H20F2N2O/c1-11-4-6-13(7-9-16(21)19-3)10-14(11)20-12(2)5-8-15(17)18/h4,6-7,9-10,15H,5,8H2,1-3H3,(H,19,21)/b9-7+,20-12?. The Morgan fingerprint density at radius 3 is 2.76 bits per heavy atom. The van der Waals surface area contributed by atoms with Gasteiger partial charge in [-0.15, -0.1) is 0 Å². The molecule has 0 saturated carbocycles. The van der Waals surface area contributed by atoms with Crippen LogP contribution >= 0.6 is 0 Å². The second kappa shape index (κ2) is 8.29. The molecule has 0 heterocycles. The topological polar surface area (TPSA) is 41.5 Å². The molecule has 1 aromatic carbocycles. The number of rotatable bonds is 6. The highest BCUT2D eigenvalue weighted by Crippen LogP contribution is 2.22. The van der Waals surface area contributed by atoms with E-state index in [4.69, 9.17) is 0 Å². The minimum Gasteiger partial charge on any atom is -0.356 e. The van der Waals surface area contributed by atoms with Crippen LogP contribution in [0.4, 0.5) is 14.5 Å². The van der Waals surface area contributed by atoms with Gasteiger partial charge in [-0.05, 0) is 43.5 Å². The van der Waals surface area contributed by atoms with Crippen molar-refractivity contribution in [2.45, 2.75) is 33.1 Å². The maximum Gasteiger partial charge on any atom is 0.243 e. The first kappa shape index (κ1) is 17.0. The van der Waals surface area contributed by atoms with Gasteiger partial charge in [0.2, 0.25) is 12.3 Å². The van der Waals surface area contributed by atoms with E-state index in [0.717, 1.165) is 16.8 Å². The molecule has 1 amide bonds. The van der Waals surface area contributed by atoms with Crippen LogP contribution < -0.4 is 5.32 Å². The molecule has 5 heteroatoms. The predicted octanol–water partition coefficient (Wildman–Crippen LogP) is 3.89.